The Kier molecular flexibility index (Phi) is 6.31. The van der Waals surface area contributed by atoms with Crippen LogP contribution >= 0.6 is 0 Å². The van der Waals surface area contributed by atoms with Gasteiger partial charge in [-0.2, -0.15) is 0 Å². The highest BCUT2D eigenvalue weighted by molar-refractivity contribution is 6.05. The first-order valence-electron chi connectivity index (χ1n) is 5.52. The number of ketones is 1. The Labute approximate surface area is 98.5 Å². The van der Waals surface area contributed by atoms with Gasteiger partial charge in [0.2, 0.25) is 0 Å². The van der Waals surface area contributed by atoms with Crippen LogP contribution in [0.15, 0.2) is 40.6 Å². The number of rotatable bonds is 5. The molecule has 2 nitrogen and oxygen atoms in total. The molecule has 0 saturated carbocycles. The molecule has 0 aromatic carbocycles. The second-order valence-corrected chi connectivity index (χ2v) is 3.63. The molecule has 0 fully saturated rings. The van der Waals surface area contributed by atoms with Crippen molar-refractivity contribution in [1.29, 1.82) is 0 Å². The molecule has 16 heavy (non-hydrogen) atoms. The predicted octanol–water partition coefficient (Wildman–Crippen LogP) is 3.85. The summed E-state index contributed by atoms with van der Waals surface area (Å²) in [6.45, 7) is 13.2. The highest BCUT2D eigenvalue weighted by atomic mass is 16.1. The fourth-order valence-electron chi connectivity index (χ4n) is 1.48. The number of aliphatic imine (C=N–C) groups is 1. The summed E-state index contributed by atoms with van der Waals surface area (Å²) in [7, 11) is 0. The Balaban J connectivity index is 5.37. The van der Waals surface area contributed by atoms with Crippen molar-refractivity contribution >= 4 is 11.5 Å². The number of Topliss-reactive ketones (excluding diaryl/α,β-unsaturated/α-hetero) is 1. The molecule has 0 N–H and O–H groups in total. The zero-order valence-corrected chi connectivity index (χ0v) is 10.9. The Morgan fingerprint density at radius 1 is 1.25 bits per heavy atom. The summed E-state index contributed by atoms with van der Waals surface area (Å²) in [5.74, 6) is 0.172. The number of allylic oxidation sites excluding steroid dienone is 4. The van der Waals surface area contributed by atoms with Crippen LogP contribution in [0, 0.1) is 0 Å². The van der Waals surface area contributed by atoms with E-state index in [1.54, 1.807) is 0 Å². The van der Waals surface area contributed by atoms with Crippen molar-refractivity contribution in [2.75, 3.05) is 0 Å². The van der Waals surface area contributed by atoms with E-state index in [-0.39, 0.29) is 5.78 Å². The molecule has 0 aromatic heterocycles. The van der Waals surface area contributed by atoms with Gasteiger partial charge in [-0.25, -0.2) is 0 Å². The van der Waals surface area contributed by atoms with Crippen molar-refractivity contribution < 1.29 is 4.79 Å². The van der Waals surface area contributed by atoms with Crippen LogP contribution in [0.5, 0.6) is 0 Å². The highest BCUT2D eigenvalue weighted by Crippen LogP contribution is 2.17. The Morgan fingerprint density at radius 2 is 1.81 bits per heavy atom. The standard InChI is InChI=1S/C14H21NO/c1-7-13(14(16)8-2)11(5)10(4)12(6)15-9-3/h7,9H,3,8H2,1-2,4-6H3/b11-10+,13-7+,15-12?. The molecule has 0 spiro atoms. The van der Waals surface area contributed by atoms with E-state index in [1.807, 2.05) is 40.7 Å². The van der Waals surface area contributed by atoms with E-state index >= 15 is 0 Å². The summed E-state index contributed by atoms with van der Waals surface area (Å²) < 4.78 is 0. The molecule has 0 bridgehead atoms. The van der Waals surface area contributed by atoms with Crippen LogP contribution in [0.25, 0.3) is 0 Å². The highest BCUT2D eigenvalue weighted by Gasteiger charge is 2.11. The van der Waals surface area contributed by atoms with Gasteiger partial charge in [0.25, 0.3) is 0 Å². The minimum atomic E-state index is 0.172. The maximum Gasteiger partial charge on any atom is 0.162 e. The zero-order valence-electron chi connectivity index (χ0n) is 10.9. The van der Waals surface area contributed by atoms with Crippen molar-refractivity contribution in [3.63, 3.8) is 0 Å². The summed E-state index contributed by atoms with van der Waals surface area (Å²) >= 11 is 0. The first-order chi connectivity index (χ1) is 7.49. The number of hydrogen-bond donors (Lipinski definition) is 0. The predicted molar refractivity (Wildman–Crippen MR) is 70.7 cm³/mol. The molecule has 0 aliphatic heterocycles. The van der Waals surface area contributed by atoms with Gasteiger partial charge in [-0.15, -0.1) is 0 Å². The Hall–Kier alpha value is -1.44. The fraction of sp³-hybridized carbons (Fsp3) is 0.429. The van der Waals surface area contributed by atoms with E-state index in [0.717, 1.165) is 22.4 Å². The van der Waals surface area contributed by atoms with Crippen LogP contribution in [0.4, 0.5) is 0 Å². The second kappa shape index (κ2) is 6.94. The third-order valence-corrected chi connectivity index (χ3v) is 2.70. The lowest BCUT2D eigenvalue weighted by Crippen LogP contribution is -2.06. The first kappa shape index (κ1) is 14.6. The summed E-state index contributed by atoms with van der Waals surface area (Å²) in [5.41, 5.74) is 3.72. The summed E-state index contributed by atoms with van der Waals surface area (Å²) in [6, 6.07) is 0. The van der Waals surface area contributed by atoms with Gasteiger partial charge >= 0.3 is 0 Å². The molecule has 88 valence electrons. The molecular weight excluding hydrogens is 198 g/mol. The molecule has 0 saturated heterocycles. The average molecular weight is 219 g/mol. The van der Waals surface area contributed by atoms with Gasteiger partial charge in [0.05, 0.1) is 0 Å². The molecule has 0 atom stereocenters. The van der Waals surface area contributed by atoms with Gasteiger partial charge in [-0.3, -0.25) is 9.79 Å². The second-order valence-electron chi connectivity index (χ2n) is 3.63. The Bertz CT molecular complexity index is 370. The summed E-state index contributed by atoms with van der Waals surface area (Å²) in [6.07, 6.45) is 3.91. The maximum absolute atomic E-state index is 11.7. The molecule has 0 amide bonds. The number of carbonyl (C=O) groups is 1. The molecule has 0 rings (SSSR count). The number of nitrogens with zero attached hydrogens (tertiary/aromatic N) is 1. The van der Waals surface area contributed by atoms with Crippen LogP contribution in [0.2, 0.25) is 0 Å². The minimum absolute atomic E-state index is 0.172. The van der Waals surface area contributed by atoms with E-state index in [1.165, 1.54) is 6.20 Å². The van der Waals surface area contributed by atoms with E-state index in [2.05, 4.69) is 11.6 Å². The van der Waals surface area contributed by atoms with Crippen LogP contribution in [-0.4, -0.2) is 11.5 Å². The van der Waals surface area contributed by atoms with E-state index in [0.29, 0.717) is 6.42 Å². The van der Waals surface area contributed by atoms with E-state index in [4.69, 9.17) is 0 Å². The monoisotopic (exact) mass is 219 g/mol. The molecule has 0 aromatic rings. The van der Waals surface area contributed by atoms with Gasteiger partial charge < -0.3 is 0 Å². The van der Waals surface area contributed by atoms with Gasteiger partial charge in [0, 0.05) is 23.9 Å². The van der Waals surface area contributed by atoms with Crippen molar-refractivity contribution in [1.82, 2.24) is 0 Å². The number of hydrogen-bond acceptors (Lipinski definition) is 2. The molecule has 0 aliphatic carbocycles. The lowest BCUT2D eigenvalue weighted by molar-refractivity contribution is -0.115. The normalized spacial score (nSPS) is 14.6. The quantitative estimate of drug-likeness (QED) is 0.392. The maximum atomic E-state index is 11.7. The molecule has 0 unspecified atom stereocenters. The van der Waals surface area contributed by atoms with Crippen LogP contribution < -0.4 is 0 Å². The average Bonchev–Trinajstić information content (AvgIpc) is 2.28. The van der Waals surface area contributed by atoms with Crippen LogP contribution in [0.3, 0.4) is 0 Å². The van der Waals surface area contributed by atoms with E-state index in [9.17, 15) is 4.79 Å². The van der Waals surface area contributed by atoms with E-state index < -0.39 is 0 Å². The van der Waals surface area contributed by atoms with Gasteiger partial charge in [-0.05, 0) is 38.8 Å². The molecule has 0 radical (unpaired) electrons. The van der Waals surface area contributed by atoms with Crippen molar-refractivity contribution in [2.45, 2.75) is 41.0 Å². The van der Waals surface area contributed by atoms with Crippen molar-refractivity contribution in [2.24, 2.45) is 4.99 Å². The summed E-state index contributed by atoms with van der Waals surface area (Å²) in [4.78, 5) is 15.8. The third-order valence-electron chi connectivity index (χ3n) is 2.70. The smallest absolute Gasteiger partial charge is 0.162 e. The third kappa shape index (κ3) is 3.61. The Morgan fingerprint density at radius 3 is 2.19 bits per heavy atom. The zero-order chi connectivity index (χ0) is 12.7. The lowest BCUT2D eigenvalue weighted by atomic mass is 9.95. The van der Waals surface area contributed by atoms with Crippen molar-refractivity contribution in [3.05, 3.63) is 35.6 Å². The fourth-order valence-corrected chi connectivity index (χ4v) is 1.48. The topological polar surface area (TPSA) is 29.4 Å². The molecule has 0 aliphatic rings. The van der Waals surface area contributed by atoms with Gasteiger partial charge in [0.15, 0.2) is 5.78 Å². The summed E-state index contributed by atoms with van der Waals surface area (Å²) in [5, 5.41) is 0. The van der Waals surface area contributed by atoms with Crippen molar-refractivity contribution in [3.8, 4) is 0 Å². The number of carbonyl (C=O) groups excluding carboxylic acids is 1. The van der Waals surface area contributed by atoms with Crippen LogP contribution in [0.1, 0.15) is 41.0 Å². The van der Waals surface area contributed by atoms with Crippen LogP contribution in [-0.2, 0) is 4.79 Å². The lowest BCUT2D eigenvalue weighted by Gasteiger charge is -2.10. The largest absolute Gasteiger partial charge is 0.294 e. The van der Waals surface area contributed by atoms with Gasteiger partial charge in [-0.1, -0.05) is 19.6 Å². The SMILES string of the molecule is C=CN=C(C)/C(C)=C(C)/C(=C\C)C(=O)CC. The minimum Gasteiger partial charge on any atom is -0.294 e. The molecule has 0 heterocycles. The molecule has 2 heteroatoms. The first-order valence-corrected chi connectivity index (χ1v) is 5.52. The van der Waals surface area contributed by atoms with Gasteiger partial charge in [0.1, 0.15) is 0 Å². The molecular formula is C14H21NO.